The SMILES string of the molecule is C=C(/C(N=C(C)C)=C(/C)c1ccccc1)N1C(CNc2nc3ccc(F)cc3s2)CC2CC1C2. The van der Waals surface area contributed by atoms with Gasteiger partial charge in [0.1, 0.15) is 5.82 Å². The number of anilines is 1. The van der Waals surface area contributed by atoms with Crippen LogP contribution in [-0.2, 0) is 0 Å². The second kappa shape index (κ2) is 9.34. The van der Waals surface area contributed by atoms with Gasteiger partial charge in [-0.1, -0.05) is 48.2 Å². The first-order valence-electron chi connectivity index (χ1n) is 11.9. The zero-order valence-corrected chi connectivity index (χ0v) is 20.8. The maximum atomic E-state index is 13.6. The standard InChI is InChI=1S/C28H31FN4S/c1-17(2)31-27(18(3)21-8-6-5-7-9-21)19(4)33-23-12-20(13-23)14-24(33)16-30-28-32-25-11-10-22(29)15-26(25)34-28/h5-11,15,20,23-24H,4,12-14,16H2,1-3H3,(H,30,32)/b27-18+. The molecule has 2 aromatic carbocycles. The van der Waals surface area contributed by atoms with Gasteiger partial charge in [0.2, 0.25) is 0 Å². The molecule has 1 N–H and O–H groups in total. The summed E-state index contributed by atoms with van der Waals surface area (Å²) in [6.07, 6.45) is 3.58. The second-order valence-corrected chi connectivity index (χ2v) is 10.7. The van der Waals surface area contributed by atoms with Gasteiger partial charge in [-0.2, -0.15) is 0 Å². The average Bonchev–Trinajstić information content (AvgIpc) is 3.22. The minimum Gasteiger partial charge on any atom is -0.362 e. The maximum absolute atomic E-state index is 13.6. The first kappa shape index (κ1) is 22.8. The zero-order chi connectivity index (χ0) is 23.8. The molecule has 3 aliphatic rings. The molecule has 176 valence electrons. The second-order valence-electron chi connectivity index (χ2n) is 9.65. The lowest BCUT2D eigenvalue weighted by atomic mass is 9.70. The highest BCUT2D eigenvalue weighted by atomic mass is 32.1. The molecular weight excluding hydrogens is 443 g/mol. The molecule has 1 aliphatic carbocycles. The first-order valence-corrected chi connectivity index (χ1v) is 12.8. The Balaban J connectivity index is 1.41. The topological polar surface area (TPSA) is 40.5 Å². The fourth-order valence-electron chi connectivity index (χ4n) is 5.25. The van der Waals surface area contributed by atoms with E-state index >= 15 is 0 Å². The fraction of sp³-hybridized carbons (Fsp3) is 0.357. The number of nitrogens with one attached hydrogen (secondary N) is 1. The molecule has 3 fully saturated rings. The number of halogens is 1. The third-order valence-corrected chi connectivity index (χ3v) is 7.90. The first-order chi connectivity index (χ1) is 16.4. The Labute approximate surface area is 204 Å². The van der Waals surface area contributed by atoms with Crippen molar-refractivity contribution >= 4 is 38.0 Å². The molecule has 6 heteroatoms. The number of hydrogen-bond acceptors (Lipinski definition) is 5. The quantitative estimate of drug-likeness (QED) is 0.293. The molecule has 3 aromatic rings. The molecule has 1 aromatic heterocycles. The minimum atomic E-state index is -0.225. The summed E-state index contributed by atoms with van der Waals surface area (Å²) in [5.74, 6) is 0.557. The van der Waals surface area contributed by atoms with Gasteiger partial charge in [-0.15, -0.1) is 0 Å². The van der Waals surface area contributed by atoms with E-state index in [1.165, 1.54) is 35.8 Å². The molecule has 2 bridgehead atoms. The molecular formula is C28H31FN4S. The number of nitrogens with zero attached hydrogens (tertiary/aromatic N) is 3. The van der Waals surface area contributed by atoms with Crippen LogP contribution in [-0.4, -0.2) is 34.2 Å². The van der Waals surface area contributed by atoms with Gasteiger partial charge in [-0.25, -0.2) is 9.37 Å². The molecule has 1 atom stereocenters. The number of fused-ring (bicyclic) bond motifs is 3. The molecule has 0 radical (unpaired) electrons. The van der Waals surface area contributed by atoms with Gasteiger partial charge >= 0.3 is 0 Å². The van der Waals surface area contributed by atoms with Crippen molar-refractivity contribution in [1.82, 2.24) is 9.88 Å². The van der Waals surface area contributed by atoms with Crippen molar-refractivity contribution in [2.24, 2.45) is 10.9 Å². The van der Waals surface area contributed by atoms with Crippen molar-refractivity contribution in [2.75, 3.05) is 11.9 Å². The summed E-state index contributed by atoms with van der Waals surface area (Å²) in [4.78, 5) is 12.1. The van der Waals surface area contributed by atoms with Gasteiger partial charge in [0.25, 0.3) is 0 Å². The van der Waals surface area contributed by atoms with E-state index in [4.69, 9.17) is 4.99 Å². The Bertz CT molecular complexity index is 1270. The monoisotopic (exact) mass is 474 g/mol. The van der Waals surface area contributed by atoms with E-state index in [2.05, 4.69) is 53.0 Å². The molecule has 4 nitrogen and oxygen atoms in total. The van der Waals surface area contributed by atoms with Gasteiger partial charge < -0.3 is 10.2 Å². The molecule has 2 saturated heterocycles. The van der Waals surface area contributed by atoms with E-state index in [1.54, 1.807) is 12.1 Å². The molecule has 34 heavy (non-hydrogen) atoms. The lowest BCUT2D eigenvalue weighted by Crippen LogP contribution is -2.58. The molecule has 0 amide bonds. The summed E-state index contributed by atoms with van der Waals surface area (Å²) < 4.78 is 14.5. The van der Waals surface area contributed by atoms with Crippen LogP contribution in [0.25, 0.3) is 15.8 Å². The Morgan fingerprint density at radius 3 is 2.65 bits per heavy atom. The third kappa shape index (κ3) is 4.51. The zero-order valence-electron chi connectivity index (χ0n) is 20.0. The number of allylic oxidation sites excluding steroid dienone is 1. The van der Waals surface area contributed by atoms with Crippen LogP contribution in [0.3, 0.4) is 0 Å². The Morgan fingerprint density at radius 1 is 1.15 bits per heavy atom. The average molecular weight is 475 g/mol. The van der Waals surface area contributed by atoms with Crippen molar-refractivity contribution in [3.05, 3.63) is 77.9 Å². The van der Waals surface area contributed by atoms with Gasteiger partial charge in [0, 0.05) is 24.3 Å². The Hall–Kier alpha value is -2.99. The Kier molecular flexibility index (Phi) is 6.26. The Morgan fingerprint density at radius 2 is 1.91 bits per heavy atom. The summed E-state index contributed by atoms with van der Waals surface area (Å²) in [5, 5.41) is 4.38. The number of aliphatic imine (C=N–C) groups is 1. The molecule has 1 saturated carbocycles. The highest BCUT2D eigenvalue weighted by molar-refractivity contribution is 7.22. The summed E-state index contributed by atoms with van der Waals surface area (Å²) >= 11 is 1.50. The number of aromatic nitrogens is 1. The summed E-state index contributed by atoms with van der Waals surface area (Å²) in [6.45, 7) is 11.6. The molecule has 6 rings (SSSR count). The number of rotatable bonds is 7. The molecule has 2 aliphatic heterocycles. The van der Waals surface area contributed by atoms with Gasteiger partial charge in [-0.05, 0) is 75.3 Å². The van der Waals surface area contributed by atoms with Crippen LogP contribution in [0.2, 0.25) is 0 Å². The van der Waals surface area contributed by atoms with Crippen LogP contribution < -0.4 is 5.32 Å². The lowest BCUT2D eigenvalue weighted by Gasteiger charge is -2.55. The number of piperidine rings is 2. The summed E-state index contributed by atoms with van der Waals surface area (Å²) in [5.41, 5.74) is 6.14. The van der Waals surface area contributed by atoms with Crippen LogP contribution in [0.1, 0.15) is 45.6 Å². The number of thiazole rings is 1. The van der Waals surface area contributed by atoms with E-state index in [0.29, 0.717) is 12.1 Å². The fourth-order valence-corrected chi connectivity index (χ4v) is 6.15. The number of benzene rings is 2. The van der Waals surface area contributed by atoms with E-state index in [-0.39, 0.29) is 5.82 Å². The highest BCUT2D eigenvalue weighted by Gasteiger charge is 2.45. The predicted molar refractivity (Wildman–Crippen MR) is 142 cm³/mol. The van der Waals surface area contributed by atoms with Crippen LogP contribution >= 0.6 is 11.3 Å². The maximum Gasteiger partial charge on any atom is 0.183 e. The highest BCUT2D eigenvalue weighted by Crippen LogP contribution is 2.46. The van der Waals surface area contributed by atoms with Crippen molar-refractivity contribution in [3.63, 3.8) is 0 Å². The molecule has 0 spiro atoms. The third-order valence-electron chi connectivity index (χ3n) is 6.92. The van der Waals surface area contributed by atoms with E-state index in [0.717, 1.165) is 56.9 Å². The van der Waals surface area contributed by atoms with Crippen LogP contribution in [0.15, 0.2) is 71.5 Å². The molecule has 3 heterocycles. The van der Waals surface area contributed by atoms with E-state index in [1.807, 2.05) is 19.9 Å². The van der Waals surface area contributed by atoms with Crippen LogP contribution in [0, 0.1) is 11.7 Å². The van der Waals surface area contributed by atoms with Crippen molar-refractivity contribution in [3.8, 4) is 0 Å². The van der Waals surface area contributed by atoms with Gasteiger partial charge in [0.05, 0.1) is 21.6 Å². The number of hydrogen-bond donors (Lipinski definition) is 1. The molecule has 1 unspecified atom stereocenters. The minimum absolute atomic E-state index is 0.225. The van der Waals surface area contributed by atoms with Crippen molar-refractivity contribution in [2.45, 2.75) is 52.1 Å². The van der Waals surface area contributed by atoms with Gasteiger partial charge in [0.15, 0.2) is 5.13 Å². The van der Waals surface area contributed by atoms with E-state index < -0.39 is 0 Å². The predicted octanol–water partition coefficient (Wildman–Crippen LogP) is 7.13. The van der Waals surface area contributed by atoms with Crippen molar-refractivity contribution < 1.29 is 4.39 Å². The lowest BCUT2D eigenvalue weighted by molar-refractivity contribution is 0.000590. The van der Waals surface area contributed by atoms with E-state index in [9.17, 15) is 4.39 Å². The van der Waals surface area contributed by atoms with Gasteiger partial charge in [-0.3, -0.25) is 4.99 Å². The van der Waals surface area contributed by atoms with Crippen LogP contribution in [0.4, 0.5) is 9.52 Å². The normalized spacial score (nSPS) is 22.1. The largest absolute Gasteiger partial charge is 0.362 e. The summed E-state index contributed by atoms with van der Waals surface area (Å²) in [6, 6.07) is 16.0. The van der Waals surface area contributed by atoms with Crippen molar-refractivity contribution in [1.29, 1.82) is 0 Å². The van der Waals surface area contributed by atoms with Crippen LogP contribution in [0.5, 0.6) is 0 Å². The smallest absolute Gasteiger partial charge is 0.183 e. The summed E-state index contributed by atoms with van der Waals surface area (Å²) in [7, 11) is 0.